The highest BCUT2D eigenvalue weighted by atomic mass is 19.1. The first-order chi connectivity index (χ1) is 15.0. The van der Waals surface area contributed by atoms with Crippen LogP contribution in [0.5, 0.6) is 0 Å². The molecule has 2 heterocycles. The summed E-state index contributed by atoms with van der Waals surface area (Å²) < 4.78 is 13.8. The first kappa shape index (κ1) is 20.7. The van der Waals surface area contributed by atoms with Crippen LogP contribution in [0.15, 0.2) is 54.9 Å². The fourth-order valence-electron chi connectivity index (χ4n) is 4.32. The number of hydrogen-bond acceptors (Lipinski definition) is 4. The van der Waals surface area contributed by atoms with E-state index in [9.17, 15) is 14.0 Å². The Morgan fingerprint density at radius 1 is 1.16 bits per heavy atom. The van der Waals surface area contributed by atoms with Crippen LogP contribution < -0.4 is 5.32 Å². The zero-order valence-electron chi connectivity index (χ0n) is 17.3. The van der Waals surface area contributed by atoms with Gasteiger partial charge in [0.15, 0.2) is 0 Å². The van der Waals surface area contributed by atoms with Crippen molar-refractivity contribution in [3.05, 3.63) is 72.1 Å². The second-order valence-electron chi connectivity index (χ2n) is 7.83. The number of aromatic amines is 1. The summed E-state index contributed by atoms with van der Waals surface area (Å²) in [4.78, 5) is 31.2. The molecular weight excluding hydrogens is 397 g/mol. The SMILES string of the molecule is CNC(=O)C1(Cc2ccccc2-c2cccc(F)c2)CCN(C(=O)c2ncn[nH]2)CC1. The second kappa shape index (κ2) is 8.67. The number of benzene rings is 2. The number of nitrogens with zero attached hydrogens (tertiary/aromatic N) is 3. The van der Waals surface area contributed by atoms with E-state index >= 15 is 0 Å². The Morgan fingerprint density at radius 2 is 1.94 bits per heavy atom. The molecule has 0 saturated carbocycles. The average molecular weight is 421 g/mol. The number of likely N-dealkylation sites (tertiary alicyclic amines) is 1. The molecule has 3 aromatic rings. The number of aromatic nitrogens is 3. The van der Waals surface area contributed by atoms with Gasteiger partial charge in [-0.05, 0) is 48.1 Å². The van der Waals surface area contributed by atoms with Crippen molar-refractivity contribution in [2.24, 2.45) is 5.41 Å². The highest BCUT2D eigenvalue weighted by Crippen LogP contribution is 2.38. The van der Waals surface area contributed by atoms with E-state index in [1.54, 1.807) is 18.0 Å². The van der Waals surface area contributed by atoms with Crippen LogP contribution in [-0.4, -0.2) is 52.0 Å². The summed E-state index contributed by atoms with van der Waals surface area (Å²) in [6.07, 6.45) is 2.84. The standard InChI is InChI=1S/C23H24FN5O2/c1-25-22(31)23(9-11-29(12-10-23)21(30)20-26-15-27-28-20)14-17-5-2-3-8-19(17)16-6-4-7-18(24)13-16/h2-8,13,15H,9-12,14H2,1H3,(H,25,31)(H,26,27,28). The molecule has 4 rings (SSSR count). The number of nitrogens with one attached hydrogen (secondary N) is 2. The topological polar surface area (TPSA) is 91.0 Å². The van der Waals surface area contributed by atoms with E-state index in [1.807, 2.05) is 30.3 Å². The fourth-order valence-corrected chi connectivity index (χ4v) is 4.32. The lowest BCUT2D eigenvalue weighted by molar-refractivity contribution is -0.133. The summed E-state index contributed by atoms with van der Waals surface area (Å²) in [6, 6.07) is 14.2. The number of amides is 2. The van der Waals surface area contributed by atoms with Crippen LogP contribution in [0, 0.1) is 11.2 Å². The third-order valence-corrected chi connectivity index (χ3v) is 6.02. The van der Waals surface area contributed by atoms with Gasteiger partial charge in [-0.1, -0.05) is 36.4 Å². The maximum atomic E-state index is 13.8. The first-order valence-electron chi connectivity index (χ1n) is 10.2. The van der Waals surface area contributed by atoms with Gasteiger partial charge in [0.25, 0.3) is 5.91 Å². The van der Waals surface area contributed by atoms with Crippen molar-refractivity contribution in [1.29, 1.82) is 0 Å². The summed E-state index contributed by atoms with van der Waals surface area (Å²) in [5, 5.41) is 9.14. The van der Waals surface area contributed by atoms with Gasteiger partial charge in [0, 0.05) is 20.1 Å². The van der Waals surface area contributed by atoms with E-state index in [-0.39, 0.29) is 23.5 Å². The summed E-state index contributed by atoms with van der Waals surface area (Å²) in [5.74, 6) is -0.368. The van der Waals surface area contributed by atoms with E-state index in [4.69, 9.17) is 0 Å². The molecule has 1 aliphatic rings. The number of H-pyrrole nitrogens is 1. The van der Waals surface area contributed by atoms with Gasteiger partial charge in [-0.3, -0.25) is 14.7 Å². The van der Waals surface area contributed by atoms with Crippen LogP contribution >= 0.6 is 0 Å². The number of rotatable bonds is 5. The van der Waals surface area contributed by atoms with E-state index in [1.165, 1.54) is 18.5 Å². The minimum absolute atomic E-state index is 0.0479. The Bertz CT molecular complexity index is 1080. The molecule has 0 bridgehead atoms. The van der Waals surface area contributed by atoms with Crippen LogP contribution in [0.25, 0.3) is 11.1 Å². The Morgan fingerprint density at radius 3 is 2.61 bits per heavy atom. The molecule has 8 heteroatoms. The molecule has 7 nitrogen and oxygen atoms in total. The molecule has 2 amide bonds. The Balaban J connectivity index is 1.60. The number of piperidine rings is 1. The van der Waals surface area contributed by atoms with Gasteiger partial charge in [0.05, 0.1) is 5.41 Å². The van der Waals surface area contributed by atoms with Gasteiger partial charge in [0.1, 0.15) is 12.1 Å². The molecule has 2 aromatic carbocycles. The number of hydrogen-bond donors (Lipinski definition) is 2. The van der Waals surface area contributed by atoms with Crippen molar-refractivity contribution in [2.75, 3.05) is 20.1 Å². The van der Waals surface area contributed by atoms with E-state index < -0.39 is 5.41 Å². The quantitative estimate of drug-likeness (QED) is 0.663. The van der Waals surface area contributed by atoms with Crippen molar-refractivity contribution in [1.82, 2.24) is 25.4 Å². The third-order valence-electron chi connectivity index (χ3n) is 6.02. The van der Waals surface area contributed by atoms with Crippen molar-refractivity contribution < 1.29 is 14.0 Å². The monoisotopic (exact) mass is 421 g/mol. The van der Waals surface area contributed by atoms with E-state index in [0.29, 0.717) is 32.4 Å². The molecular formula is C23H24FN5O2. The first-order valence-corrected chi connectivity index (χ1v) is 10.2. The largest absolute Gasteiger partial charge is 0.359 e. The minimum atomic E-state index is -0.656. The van der Waals surface area contributed by atoms with Crippen LogP contribution in [0.4, 0.5) is 4.39 Å². The maximum Gasteiger partial charge on any atom is 0.291 e. The third kappa shape index (κ3) is 4.19. The minimum Gasteiger partial charge on any atom is -0.359 e. The van der Waals surface area contributed by atoms with Gasteiger partial charge in [-0.2, -0.15) is 5.10 Å². The van der Waals surface area contributed by atoms with E-state index in [2.05, 4.69) is 20.5 Å². The van der Waals surface area contributed by atoms with Crippen LogP contribution in [0.2, 0.25) is 0 Å². The predicted molar refractivity (Wildman–Crippen MR) is 114 cm³/mol. The predicted octanol–water partition coefficient (Wildman–Crippen LogP) is 2.82. The zero-order chi connectivity index (χ0) is 21.8. The molecule has 1 saturated heterocycles. The molecule has 0 spiro atoms. The molecule has 1 fully saturated rings. The molecule has 1 aliphatic heterocycles. The van der Waals surface area contributed by atoms with Crippen molar-refractivity contribution in [2.45, 2.75) is 19.3 Å². The number of carbonyl (C=O) groups excluding carboxylic acids is 2. The van der Waals surface area contributed by atoms with Crippen molar-refractivity contribution >= 4 is 11.8 Å². The average Bonchev–Trinajstić information content (AvgIpc) is 3.34. The van der Waals surface area contributed by atoms with Crippen molar-refractivity contribution in [3.63, 3.8) is 0 Å². The summed E-state index contributed by atoms with van der Waals surface area (Å²) in [7, 11) is 1.63. The van der Waals surface area contributed by atoms with Crippen molar-refractivity contribution in [3.8, 4) is 11.1 Å². The summed E-state index contributed by atoms with van der Waals surface area (Å²) >= 11 is 0. The molecule has 0 radical (unpaired) electrons. The molecule has 0 unspecified atom stereocenters. The second-order valence-corrected chi connectivity index (χ2v) is 7.83. The molecule has 1 aromatic heterocycles. The Labute approximate surface area is 179 Å². The normalized spacial score (nSPS) is 15.5. The molecule has 2 N–H and O–H groups in total. The Hall–Kier alpha value is -3.55. The Kier molecular flexibility index (Phi) is 5.79. The lowest BCUT2D eigenvalue weighted by Crippen LogP contribution is -2.50. The molecule has 160 valence electrons. The maximum absolute atomic E-state index is 13.8. The summed E-state index contributed by atoms with van der Waals surface area (Å²) in [5.41, 5.74) is 2.01. The highest BCUT2D eigenvalue weighted by molar-refractivity contribution is 5.91. The smallest absolute Gasteiger partial charge is 0.291 e. The fraction of sp³-hybridized carbons (Fsp3) is 0.304. The lowest BCUT2D eigenvalue weighted by atomic mass is 9.72. The number of carbonyl (C=O) groups is 2. The van der Waals surface area contributed by atoms with E-state index in [0.717, 1.165) is 16.7 Å². The van der Waals surface area contributed by atoms with Gasteiger partial charge in [-0.25, -0.2) is 9.37 Å². The van der Waals surface area contributed by atoms with Crippen LogP contribution in [0.1, 0.15) is 29.0 Å². The van der Waals surface area contributed by atoms with Gasteiger partial charge < -0.3 is 10.2 Å². The lowest BCUT2D eigenvalue weighted by Gasteiger charge is -2.40. The molecule has 31 heavy (non-hydrogen) atoms. The highest BCUT2D eigenvalue weighted by Gasteiger charge is 2.42. The van der Waals surface area contributed by atoms with Crippen LogP contribution in [0.3, 0.4) is 0 Å². The zero-order valence-corrected chi connectivity index (χ0v) is 17.3. The van der Waals surface area contributed by atoms with Gasteiger partial charge in [0.2, 0.25) is 11.7 Å². The molecule has 0 aliphatic carbocycles. The van der Waals surface area contributed by atoms with Crippen LogP contribution in [-0.2, 0) is 11.2 Å². The van der Waals surface area contributed by atoms with Gasteiger partial charge in [-0.15, -0.1) is 0 Å². The van der Waals surface area contributed by atoms with Gasteiger partial charge >= 0.3 is 0 Å². The summed E-state index contributed by atoms with van der Waals surface area (Å²) in [6.45, 7) is 0.879. The molecule has 0 atom stereocenters. The number of halogens is 1.